The summed E-state index contributed by atoms with van der Waals surface area (Å²) in [7, 11) is 0. The lowest BCUT2D eigenvalue weighted by Crippen LogP contribution is -2.41. The zero-order valence-corrected chi connectivity index (χ0v) is 13.0. The standard InChI is InChI=1S/C16H18N2O3S/c19-15-9-22-16(12-2-1-3-13(8-12)18(20)21)17(15)14-7-10-4-5-11(14)6-10/h1-3,8,10-11,14,16H,4-7,9H2/t10-,11-,14-,16-/m0/s1. The van der Waals surface area contributed by atoms with Gasteiger partial charge in [-0.1, -0.05) is 18.6 Å². The van der Waals surface area contributed by atoms with Gasteiger partial charge in [-0.2, -0.15) is 0 Å². The van der Waals surface area contributed by atoms with Gasteiger partial charge in [0.2, 0.25) is 5.91 Å². The number of thioether (sulfide) groups is 1. The SMILES string of the molecule is O=C1CS[C@@H](c2cccc([N+](=O)[O-])c2)N1[C@H]1C[C@H]2CC[C@H]1C2. The van der Waals surface area contributed by atoms with E-state index in [1.54, 1.807) is 23.9 Å². The second-order valence-corrected chi connectivity index (χ2v) is 7.63. The molecule has 3 aliphatic rings. The number of non-ortho nitro benzene ring substituents is 1. The van der Waals surface area contributed by atoms with Crippen LogP contribution in [0.15, 0.2) is 24.3 Å². The molecule has 0 spiro atoms. The summed E-state index contributed by atoms with van der Waals surface area (Å²) in [5.41, 5.74) is 0.984. The largest absolute Gasteiger partial charge is 0.323 e. The van der Waals surface area contributed by atoms with Gasteiger partial charge in [0, 0.05) is 18.2 Å². The highest BCUT2D eigenvalue weighted by Crippen LogP contribution is 2.51. The Morgan fingerprint density at radius 1 is 1.27 bits per heavy atom. The van der Waals surface area contributed by atoms with Crippen molar-refractivity contribution >= 4 is 23.4 Å². The van der Waals surface area contributed by atoms with Crippen molar-refractivity contribution in [1.29, 1.82) is 0 Å². The molecule has 1 amide bonds. The van der Waals surface area contributed by atoms with Gasteiger partial charge in [0.25, 0.3) is 5.69 Å². The van der Waals surface area contributed by atoms with Crippen molar-refractivity contribution in [1.82, 2.24) is 4.90 Å². The van der Waals surface area contributed by atoms with Crippen LogP contribution in [0.3, 0.4) is 0 Å². The van der Waals surface area contributed by atoms with Gasteiger partial charge in [-0.15, -0.1) is 11.8 Å². The van der Waals surface area contributed by atoms with Gasteiger partial charge in [-0.05, 0) is 36.7 Å². The molecule has 1 aliphatic heterocycles. The quantitative estimate of drug-likeness (QED) is 0.633. The smallest absolute Gasteiger partial charge is 0.269 e. The average molecular weight is 318 g/mol. The minimum atomic E-state index is -0.368. The molecule has 1 saturated heterocycles. The Kier molecular flexibility index (Phi) is 3.36. The second-order valence-electron chi connectivity index (χ2n) is 6.56. The summed E-state index contributed by atoms with van der Waals surface area (Å²) in [6.45, 7) is 0. The highest BCUT2D eigenvalue weighted by atomic mass is 32.2. The van der Waals surface area contributed by atoms with Gasteiger partial charge in [-0.25, -0.2) is 0 Å². The number of nitro benzene ring substituents is 1. The highest BCUT2D eigenvalue weighted by molar-refractivity contribution is 8.00. The van der Waals surface area contributed by atoms with Gasteiger partial charge in [0.05, 0.1) is 10.7 Å². The normalized spacial score (nSPS) is 33.6. The predicted molar refractivity (Wildman–Crippen MR) is 84.4 cm³/mol. The summed E-state index contributed by atoms with van der Waals surface area (Å²) in [5, 5.41) is 10.9. The maximum atomic E-state index is 12.4. The van der Waals surface area contributed by atoms with Crippen LogP contribution in [0.5, 0.6) is 0 Å². The van der Waals surface area contributed by atoms with Gasteiger partial charge in [-0.3, -0.25) is 14.9 Å². The number of nitrogens with zero attached hydrogens (tertiary/aromatic N) is 2. The molecule has 2 saturated carbocycles. The number of hydrogen-bond donors (Lipinski definition) is 0. The molecule has 3 fully saturated rings. The average Bonchev–Trinajstić information content (AvgIpc) is 3.22. The Labute approximate surface area is 133 Å². The van der Waals surface area contributed by atoms with E-state index < -0.39 is 0 Å². The molecule has 0 N–H and O–H groups in total. The van der Waals surface area contributed by atoms with Crippen molar-refractivity contribution < 1.29 is 9.72 Å². The zero-order valence-electron chi connectivity index (χ0n) is 12.2. The molecule has 4 rings (SSSR count). The van der Waals surface area contributed by atoms with Crippen LogP contribution in [0, 0.1) is 22.0 Å². The molecule has 116 valence electrons. The van der Waals surface area contributed by atoms with Crippen LogP contribution in [-0.2, 0) is 4.79 Å². The lowest BCUT2D eigenvalue weighted by Gasteiger charge is -2.35. The van der Waals surface area contributed by atoms with Crippen LogP contribution in [-0.4, -0.2) is 27.5 Å². The maximum Gasteiger partial charge on any atom is 0.269 e. The van der Waals surface area contributed by atoms with E-state index >= 15 is 0 Å². The molecule has 22 heavy (non-hydrogen) atoms. The van der Waals surface area contributed by atoms with Crippen molar-refractivity contribution in [3.63, 3.8) is 0 Å². The number of rotatable bonds is 3. The lowest BCUT2D eigenvalue weighted by atomic mass is 9.93. The van der Waals surface area contributed by atoms with E-state index in [0.717, 1.165) is 17.9 Å². The van der Waals surface area contributed by atoms with Crippen LogP contribution in [0.1, 0.15) is 36.6 Å². The molecule has 0 unspecified atom stereocenters. The van der Waals surface area contributed by atoms with Crippen molar-refractivity contribution in [3.8, 4) is 0 Å². The maximum absolute atomic E-state index is 12.4. The molecule has 6 heteroatoms. The molecule has 2 aliphatic carbocycles. The van der Waals surface area contributed by atoms with Crippen LogP contribution in [0.2, 0.25) is 0 Å². The molecule has 4 atom stereocenters. The van der Waals surface area contributed by atoms with Crippen molar-refractivity contribution in [2.24, 2.45) is 11.8 Å². The third-order valence-corrected chi connectivity index (χ3v) is 6.56. The first kappa shape index (κ1) is 14.1. The number of nitro groups is 1. The topological polar surface area (TPSA) is 63.4 Å². The first-order chi connectivity index (χ1) is 10.6. The molecule has 5 nitrogen and oxygen atoms in total. The molecular formula is C16H18N2O3S. The van der Waals surface area contributed by atoms with Crippen molar-refractivity contribution in [2.75, 3.05) is 5.75 Å². The van der Waals surface area contributed by atoms with Crippen LogP contribution < -0.4 is 0 Å². The number of fused-ring (bicyclic) bond motifs is 2. The van der Waals surface area contributed by atoms with E-state index in [4.69, 9.17) is 0 Å². The van der Waals surface area contributed by atoms with Crippen molar-refractivity contribution in [2.45, 2.75) is 37.1 Å². The Hall–Kier alpha value is -1.56. The molecule has 1 aromatic carbocycles. The summed E-state index contributed by atoms with van der Waals surface area (Å²) in [4.78, 5) is 25.1. The third-order valence-electron chi connectivity index (χ3n) is 5.33. The minimum absolute atomic E-state index is 0.0586. The molecule has 1 heterocycles. The third kappa shape index (κ3) is 2.20. The van der Waals surface area contributed by atoms with E-state index in [1.807, 2.05) is 11.0 Å². The van der Waals surface area contributed by atoms with E-state index in [0.29, 0.717) is 17.7 Å². The van der Waals surface area contributed by atoms with Gasteiger partial charge < -0.3 is 4.90 Å². The number of carbonyl (C=O) groups is 1. The summed E-state index contributed by atoms with van der Waals surface area (Å²) in [6.07, 6.45) is 4.90. The highest BCUT2D eigenvalue weighted by Gasteiger charge is 2.48. The van der Waals surface area contributed by atoms with Gasteiger partial charge in [0.15, 0.2) is 0 Å². The first-order valence-electron chi connectivity index (χ1n) is 7.80. The van der Waals surface area contributed by atoms with Crippen molar-refractivity contribution in [3.05, 3.63) is 39.9 Å². The van der Waals surface area contributed by atoms with Crippen LogP contribution in [0.4, 0.5) is 5.69 Å². The monoisotopic (exact) mass is 318 g/mol. The summed E-state index contributed by atoms with van der Waals surface area (Å²) < 4.78 is 0. The molecular weight excluding hydrogens is 300 g/mol. The van der Waals surface area contributed by atoms with E-state index in [-0.39, 0.29) is 21.9 Å². The summed E-state index contributed by atoms with van der Waals surface area (Å²) >= 11 is 1.60. The number of hydrogen-bond acceptors (Lipinski definition) is 4. The van der Waals surface area contributed by atoms with Gasteiger partial charge in [0.1, 0.15) is 5.37 Å². The second kappa shape index (κ2) is 5.26. The Morgan fingerprint density at radius 3 is 2.82 bits per heavy atom. The van der Waals surface area contributed by atoms with E-state index in [1.165, 1.54) is 25.3 Å². The number of amides is 1. The minimum Gasteiger partial charge on any atom is -0.323 e. The lowest BCUT2D eigenvalue weighted by molar-refractivity contribution is -0.384. The molecule has 0 radical (unpaired) electrons. The number of benzene rings is 1. The van der Waals surface area contributed by atoms with Gasteiger partial charge >= 0.3 is 0 Å². The molecule has 0 aromatic heterocycles. The first-order valence-corrected chi connectivity index (χ1v) is 8.85. The van der Waals surface area contributed by atoms with E-state index in [9.17, 15) is 14.9 Å². The van der Waals surface area contributed by atoms with Crippen LogP contribution >= 0.6 is 11.8 Å². The predicted octanol–water partition coefficient (Wildman–Crippen LogP) is 3.36. The number of carbonyl (C=O) groups excluding carboxylic acids is 1. The Balaban J connectivity index is 1.64. The van der Waals surface area contributed by atoms with Crippen LogP contribution in [0.25, 0.3) is 0 Å². The summed E-state index contributed by atoms with van der Waals surface area (Å²) in [5.74, 6) is 2.09. The Bertz CT molecular complexity index is 636. The molecule has 2 bridgehead atoms. The summed E-state index contributed by atoms with van der Waals surface area (Å²) in [6, 6.07) is 7.09. The fourth-order valence-electron chi connectivity index (χ4n) is 4.40. The fraction of sp³-hybridized carbons (Fsp3) is 0.562. The zero-order chi connectivity index (χ0) is 15.3. The fourth-order valence-corrected chi connectivity index (χ4v) is 5.62. The Morgan fingerprint density at radius 2 is 2.14 bits per heavy atom. The van der Waals surface area contributed by atoms with E-state index in [2.05, 4.69) is 0 Å². The molecule has 1 aromatic rings.